The molecule has 156 valence electrons. The van der Waals surface area contributed by atoms with Gasteiger partial charge in [0, 0.05) is 6.42 Å². The highest BCUT2D eigenvalue weighted by atomic mass is 16.5. The van der Waals surface area contributed by atoms with Crippen molar-refractivity contribution in [2.45, 2.75) is 136 Å². The third-order valence-electron chi connectivity index (χ3n) is 5.54. The van der Waals surface area contributed by atoms with Crippen molar-refractivity contribution in [3.63, 3.8) is 0 Å². The predicted molar refractivity (Wildman–Crippen MR) is 115 cm³/mol. The van der Waals surface area contributed by atoms with Gasteiger partial charge in [0.15, 0.2) is 0 Å². The van der Waals surface area contributed by atoms with E-state index in [0.717, 1.165) is 25.2 Å². The molecule has 2 heteroatoms. The lowest BCUT2D eigenvalue weighted by Crippen LogP contribution is -2.06. The molecule has 0 aliphatic carbocycles. The lowest BCUT2D eigenvalue weighted by atomic mass is 10.0. The van der Waals surface area contributed by atoms with Crippen LogP contribution in [0.25, 0.3) is 0 Å². The summed E-state index contributed by atoms with van der Waals surface area (Å²) in [6.45, 7) is 7.36. The van der Waals surface area contributed by atoms with Crippen LogP contribution >= 0.6 is 0 Å². The number of hydrogen-bond acceptors (Lipinski definition) is 2. The summed E-state index contributed by atoms with van der Waals surface area (Å²) in [5, 5.41) is 0. The molecule has 0 heterocycles. The fraction of sp³-hybridized carbons (Fsp3) is 0.958. The number of ether oxygens (including phenoxy) is 1. The van der Waals surface area contributed by atoms with E-state index in [2.05, 4.69) is 20.8 Å². The standard InChI is InChI=1S/C24H48O2/c1-4-6-7-8-9-10-11-12-13-14-15-16-17-18-22-26-24(25)21-19-20-23(3)5-2/h23H,4-22H2,1-3H3. The van der Waals surface area contributed by atoms with Crippen LogP contribution in [0.5, 0.6) is 0 Å². The molecule has 0 amide bonds. The van der Waals surface area contributed by atoms with Crippen LogP contribution in [0.4, 0.5) is 0 Å². The molecule has 0 aromatic carbocycles. The zero-order chi connectivity index (χ0) is 19.3. The summed E-state index contributed by atoms with van der Waals surface area (Å²) in [4.78, 5) is 11.6. The second-order valence-electron chi connectivity index (χ2n) is 8.22. The lowest BCUT2D eigenvalue weighted by molar-refractivity contribution is -0.143. The maximum Gasteiger partial charge on any atom is 0.305 e. The van der Waals surface area contributed by atoms with Crippen molar-refractivity contribution in [1.29, 1.82) is 0 Å². The van der Waals surface area contributed by atoms with Crippen molar-refractivity contribution >= 4 is 5.97 Å². The van der Waals surface area contributed by atoms with E-state index in [1.165, 1.54) is 89.9 Å². The van der Waals surface area contributed by atoms with Crippen molar-refractivity contribution in [2.24, 2.45) is 5.92 Å². The van der Waals surface area contributed by atoms with Crippen LogP contribution in [-0.2, 0) is 9.53 Å². The summed E-state index contributed by atoms with van der Waals surface area (Å²) in [7, 11) is 0. The van der Waals surface area contributed by atoms with Gasteiger partial charge in [-0.3, -0.25) is 4.79 Å². The Balaban J connectivity index is 3.14. The maximum absolute atomic E-state index is 11.6. The zero-order valence-corrected chi connectivity index (χ0v) is 18.3. The van der Waals surface area contributed by atoms with Gasteiger partial charge in [-0.1, -0.05) is 117 Å². The average Bonchev–Trinajstić information content (AvgIpc) is 2.64. The van der Waals surface area contributed by atoms with Gasteiger partial charge in [-0.2, -0.15) is 0 Å². The Labute approximate surface area is 164 Å². The molecular weight excluding hydrogens is 320 g/mol. The van der Waals surface area contributed by atoms with E-state index in [-0.39, 0.29) is 5.97 Å². The molecule has 0 fully saturated rings. The lowest BCUT2D eigenvalue weighted by Gasteiger charge is -2.08. The fourth-order valence-electron chi connectivity index (χ4n) is 3.35. The molecule has 0 aliphatic heterocycles. The largest absolute Gasteiger partial charge is 0.466 e. The van der Waals surface area contributed by atoms with Gasteiger partial charge in [0.05, 0.1) is 6.61 Å². The Hall–Kier alpha value is -0.530. The first kappa shape index (κ1) is 25.5. The number of carbonyl (C=O) groups is 1. The van der Waals surface area contributed by atoms with Gasteiger partial charge >= 0.3 is 5.97 Å². The fourth-order valence-corrected chi connectivity index (χ4v) is 3.35. The molecule has 0 bridgehead atoms. The van der Waals surface area contributed by atoms with E-state index in [1.807, 2.05) is 0 Å². The van der Waals surface area contributed by atoms with Gasteiger partial charge in [-0.15, -0.1) is 0 Å². The highest BCUT2D eigenvalue weighted by Crippen LogP contribution is 2.13. The van der Waals surface area contributed by atoms with Gasteiger partial charge in [-0.05, 0) is 18.8 Å². The third kappa shape index (κ3) is 19.8. The smallest absolute Gasteiger partial charge is 0.305 e. The zero-order valence-electron chi connectivity index (χ0n) is 18.3. The minimum absolute atomic E-state index is 0.00278. The summed E-state index contributed by atoms with van der Waals surface area (Å²) < 4.78 is 5.33. The Morgan fingerprint density at radius 1 is 0.692 bits per heavy atom. The topological polar surface area (TPSA) is 26.3 Å². The van der Waals surface area contributed by atoms with Gasteiger partial charge < -0.3 is 4.74 Å². The number of hydrogen-bond donors (Lipinski definition) is 0. The summed E-state index contributed by atoms with van der Waals surface area (Å²) in [5.74, 6) is 0.733. The summed E-state index contributed by atoms with van der Waals surface area (Å²) in [6.07, 6.45) is 23.0. The molecule has 0 aliphatic rings. The first-order chi connectivity index (χ1) is 12.7. The van der Waals surface area contributed by atoms with E-state index in [0.29, 0.717) is 13.0 Å². The molecule has 0 rings (SSSR count). The number of rotatable bonds is 20. The van der Waals surface area contributed by atoms with Gasteiger partial charge in [-0.25, -0.2) is 0 Å². The van der Waals surface area contributed by atoms with Crippen molar-refractivity contribution in [3.05, 3.63) is 0 Å². The minimum atomic E-state index is 0.00278. The van der Waals surface area contributed by atoms with Crippen LogP contribution in [0.3, 0.4) is 0 Å². The summed E-state index contributed by atoms with van der Waals surface area (Å²) in [5.41, 5.74) is 0. The van der Waals surface area contributed by atoms with Crippen molar-refractivity contribution in [3.8, 4) is 0 Å². The number of unbranched alkanes of at least 4 members (excludes halogenated alkanes) is 13. The Morgan fingerprint density at radius 3 is 1.62 bits per heavy atom. The predicted octanol–water partition coefficient (Wildman–Crippen LogP) is 8.23. The monoisotopic (exact) mass is 368 g/mol. The van der Waals surface area contributed by atoms with Crippen LogP contribution in [0, 0.1) is 5.92 Å². The highest BCUT2D eigenvalue weighted by molar-refractivity contribution is 5.69. The van der Waals surface area contributed by atoms with Crippen LogP contribution in [-0.4, -0.2) is 12.6 Å². The minimum Gasteiger partial charge on any atom is -0.466 e. The van der Waals surface area contributed by atoms with Crippen molar-refractivity contribution in [2.75, 3.05) is 6.61 Å². The molecule has 2 nitrogen and oxygen atoms in total. The number of carbonyl (C=O) groups excluding carboxylic acids is 1. The first-order valence-corrected chi connectivity index (χ1v) is 11.9. The van der Waals surface area contributed by atoms with Gasteiger partial charge in [0.2, 0.25) is 0 Å². The molecule has 0 radical (unpaired) electrons. The Morgan fingerprint density at radius 2 is 1.15 bits per heavy atom. The molecule has 1 unspecified atom stereocenters. The molecule has 0 aromatic rings. The highest BCUT2D eigenvalue weighted by Gasteiger charge is 2.04. The summed E-state index contributed by atoms with van der Waals surface area (Å²) >= 11 is 0. The molecular formula is C24H48O2. The van der Waals surface area contributed by atoms with Crippen molar-refractivity contribution in [1.82, 2.24) is 0 Å². The average molecular weight is 369 g/mol. The second-order valence-corrected chi connectivity index (χ2v) is 8.22. The van der Waals surface area contributed by atoms with E-state index in [1.54, 1.807) is 0 Å². The first-order valence-electron chi connectivity index (χ1n) is 11.9. The molecule has 0 saturated heterocycles. The third-order valence-corrected chi connectivity index (χ3v) is 5.54. The van der Waals surface area contributed by atoms with E-state index in [9.17, 15) is 4.79 Å². The second kappa shape index (κ2) is 20.8. The van der Waals surface area contributed by atoms with Crippen LogP contribution < -0.4 is 0 Å². The van der Waals surface area contributed by atoms with E-state index < -0.39 is 0 Å². The summed E-state index contributed by atoms with van der Waals surface area (Å²) in [6, 6.07) is 0. The molecule has 0 saturated carbocycles. The normalized spacial score (nSPS) is 12.3. The van der Waals surface area contributed by atoms with Gasteiger partial charge in [0.25, 0.3) is 0 Å². The molecule has 0 aromatic heterocycles. The van der Waals surface area contributed by atoms with Crippen LogP contribution in [0.15, 0.2) is 0 Å². The molecule has 0 N–H and O–H groups in total. The van der Waals surface area contributed by atoms with Crippen LogP contribution in [0.2, 0.25) is 0 Å². The van der Waals surface area contributed by atoms with Crippen molar-refractivity contribution < 1.29 is 9.53 Å². The van der Waals surface area contributed by atoms with E-state index in [4.69, 9.17) is 4.74 Å². The molecule has 1 atom stereocenters. The van der Waals surface area contributed by atoms with Gasteiger partial charge in [0.1, 0.15) is 0 Å². The SMILES string of the molecule is CCCCCCCCCCCCCCCCOC(=O)CCCC(C)CC. The molecule has 26 heavy (non-hydrogen) atoms. The van der Waals surface area contributed by atoms with E-state index >= 15 is 0 Å². The Kier molecular flexibility index (Phi) is 20.4. The van der Waals surface area contributed by atoms with Crippen LogP contribution in [0.1, 0.15) is 136 Å². The Bertz CT molecular complexity index is 288. The molecule has 0 spiro atoms. The number of esters is 1. The quantitative estimate of drug-likeness (QED) is 0.160. The maximum atomic E-state index is 11.6.